The predicted octanol–water partition coefficient (Wildman–Crippen LogP) is 4.24. The lowest BCUT2D eigenvalue weighted by Gasteiger charge is -2.22. The van der Waals surface area contributed by atoms with Crippen molar-refractivity contribution in [2.75, 3.05) is 25.0 Å². The molecule has 0 fully saturated rings. The molecule has 0 saturated carbocycles. The van der Waals surface area contributed by atoms with Gasteiger partial charge in [0.05, 0.1) is 6.61 Å². The molecule has 0 heterocycles. The van der Waals surface area contributed by atoms with E-state index in [0.717, 1.165) is 22.9 Å². The fourth-order valence-electron chi connectivity index (χ4n) is 2.65. The third-order valence-electron chi connectivity index (χ3n) is 4.28. The van der Waals surface area contributed by atoms with Gasteiger partial charge in [0.1, 0.15) is 0 Å². The Morgan fingerprint density at radius 3 is 2.37 bits per heavy atom. The Hall–Kier alpha value is -2.18. The topological polar surface area (TPSA) is 69.6 Å². The number of halogens is 1. The molecule has 0 unspecified atom stereocenters. The monoisotopic (exact) mass is 432 g/mol. The van der Waals surface area contributed by atoms with Gasteiger partial charge in [-0.05, 0) is 55.3 Å². The van der Waals surface area contributed by atoms with Crippen molar-refractivity contribution >= 4 is 33.4 Å². The van der Waals surface area contributed by atoms with Gasteiger partial charge in [0.2, 0.25) is 0 Å². The minimum atomic E-state index is -0.228. The molecule has 0 aliphatic heterocycles. The second-order valence-corrected chi connectivity index (χ2v) is 7.28. The van der Waals surface area contributed by atoms with Crippen molar-refractivity contribution in [2.24, 2.45) is 0 Å². The number of nitrogens with one attached hydrogen (secondary N) is 1. The highest BCUT2D eigenvalue weighted by Gasteiger charge is 2.17. The van der Waals surface area contributed by atoms with Crippen LogP contribution in [0.3, 0.4) is 0 Å². The summed E-state index contributed by atoms with van der Waals surface area (Å²) in [5.74, 6) is -0.370. The first-order valence-electron chi connectivity index (χ1n) is 9.04. The molecule has 0 atom stereocenters. The molecular weight excluding hydrogens is 408 g/mol. The van der Waals surface area contributed by atoms with E-state index in [2.05, 4.69) is 28.2 Å². The van der Waals surface area contributed by atoms with Gasteiger partial charge in [-0.1, -0.05) is 35.3 Å². The van der Waals surface area contributed by atoms with Crippen molar-refractivity contribution in [3.05, 3.63) is 63.6 Å². The Morgan fingerprint density at radius 2 is 1.74 bits per heavy atom. The summed E-state index contributed by atoms with van der Waals surface area (Å²) in [6.07, 6.45) is 1.85. The van der Waals surface area contributed by atoms with Gasteiger partial charge in [0.15, 0.2) is 0 Å². The number of amides is 2. The number of hydrogen-bond acceptors (Lipinski definition) is 3. The standard InChI is InChI=1S/C21H25BrN2O3/c1-3-4-11-24(12-13-25)21(27)17-6-5-15(2)19(14-17)23-20(26)16-7-9-18(22)10-8-16/h5-10,14,25H,3-4,11-13H2,1-2H3,(H,23,26). The zero-order valence-corrected chi connectivity index (χ0v) is 17.3. The van der Waals surface area contributed by atoms with Crippen molar-refractivity contribution in [3.63, 3.8) is 0 Å². The van der Waals surface area contributed by atoms with Crippen LogP contribution in [0, 0.1) is 6.92 Å². The van der Waals surface area contributed by atoms with Gasteiger partial charge in [0.25, 0.3) is 11.8 Å². The molecule has 2 N–H and O–H groups in total. The smallest absolute Gasteiger partial charge is 0.255 e. The molecule has 0 aliphatic carbocycles. The SMILES string of the molecule is CCCCN(CCO)C(=O)c1ccc(C)c(NC(=O)c2ccc(Br)cc2)c1. The van der Waals surface area contributed by atoms with E-state index >= 15 is 0 Å². The van der Waals surface area contributed by atoms with Crippen molar-refractivity contribution in [2.45, 2.75) is 26.7 Å². The van der Waals surface area contributed by atoms with Crippen LogP contribution in [-0.2, 0) is 0 Å². The van der Waals surface area contributed by atoms with Crippen LogP contribution < -0.4 is 5.32 Å². The molecule has 2 aromatic carbocycles. The number of carbonyl (C=O) groups is 2. The molecule has 6 heteroatoms. The molecule has 2 amide bonds. The molecule has 0 spiro atoms. The summed E-state index contributed by atoms with van der Waals surface area (Å²) in [7, 11) is 0. The maximum atomic E-state index is 12.8. The summed E-state index contributed by atoms with van der Waals surface area (Å²) in [5.41, 5.74) is 2.52. The van der Waals surface area contributed by atoms with Gasteiger partial charge in [-0.3, -0.25) is 9.59 Å². The molecule has 144 valence electrons. The Kier molecular flexibility index (Phi) is 8.00. The van der Waals surface area contributed by atoms with Gasteiger partial charge >= 0.3 is 0 Å². The largest absolute Gasteiger partial charge is 0.395 e. The molecular formula is C21H25BrN2O3. The molecule has 0 radical (unpaired) electrons. The van der Waals surface area contributed by atoms with E-state index in [0.29, 0.717) is 29.9 Å². The van der Waals surface area contributed by atoms with E-state index in [4.69, 9.17) is 0 Å². The molecule has 0 aliphatic rings. The maximum absolute atomic E-state index is 12.8. The number of rotatable bonds is 8. The summed E-state index contributed by atoms with van der Waals surface area (Å²) < 4.78 is 0.902. The minimum Gasteiger partial charge on any atom is -0.395 e. The van der Waals surface area contributed by atoms with E-state index in [1.54, 1.807) is 29.2 Å². The molecule has 0 saturated heterocycles. The van der Waals surface area contributed by atoms with Gasteiger partial charge in [-0.2, -0.15) is 0 Å². The van der Waals surface area contributed by atoms with Crippen LogP contribution in [0.2, 0.25) is 0 Å². The van der Waals surface area contributed by atoms with E-state index in [1.165, 1.54) is 0 Å². The molecule has 2 rings (SSSR count). The van der Waals surface area contributed by atoms with Crippen LogP contribution in [-0.4, -0.2) is 41.5 Å². The fraction of sp³-hybridized carbons (Fsp3) is 0.333. The van der Waals surface area contributed by atoms with Crippen LogP contribution in [0.1, 0.15) is 46.0 Å². The summed E-state index contributed by atoms with van der Waals surface area (Å²) in [6.45, 7) is 4.77. The Morgan fingerprint density at radius 1 is 1.07 bits per heavy atom. The fourth-order valence-corrected chi connectivity index (χ4v) is 2.92. The van der Waals surface area contributed by atoms with Gasteiger partial charge in [-0.25, -0.2) is 0 Å². The number of aryl methyl sites for hydroxylation is 1. The number of unbranched alkanes of at least 4 members (excludes halogenated alkanes) is 1. The van der Waals surface area contributed by atoms with E-state index in [-0.39, 0.29) is 18.4 Å². The summed E-state index contributed by atoms with van der Waals surface area (Å²) in [4.78, 5) is 26.9. The number of benzene rings is 2. The number of aliphatic hydroxyl groups excluding tert-OH is 1. The van der Waals surface area contributed by atoms with E-state index < -0.39 is 0 Å². The van der Waals surface area contributed by atoms with E-state index in [9.17, 15) is 14.7 Å². The minimum absolute atomic E-state index is 0.0749. The van der Waals surface area contributed by atoms with Crippen molar-refractivity contribution < 1.29 is 14.7 Å². The van der Waals surface area contributed by atoms with Crippen molar-refractivity contribution in [1.29, 1.82) is 0 Å². The quantitative estimate of drug-likeness (QED) is 0.654. The molecule has 0 bridgehead atoms. The molecule has 0 aromatic heterocycles. The second kappa shape index (κ2) is 10.2. The Bertz CT molecular complexity index is 791. The van der Waals surface area contributed by atoms with Crippen LogP contribution in [0.5, 0.6) is 0 Å². The number of carbonyl (C=O) groups excluding carboxylic acids is 2. The first-order valence-corrected chi connectivity index (χ1v) is 9.83. The summed E-state index contributed by atoms with van der Waals surface area (Å²) >= 11 is 3.35. The first kappa shape index (κ1) is 21.1. The van der Waals surface area contributed by atoms with Crippen LogP contribution in [0.4, 0.5) is 5.69 Å². The molecule has 5 nitrogen and oxygen atoms in total. The molecule has 27 heavy (non-hydrogen) atoms. The molecule has 2 aromatic rings. The number of hydrogen-bond donors (Lipinski definition) is 2. The second-order valence-electron chi connectivity index (χ2n) is 6.36. The highest BCUT2D eigenvalue weighted by molar-refractivity contribution is 9.10. The predicted molar refractivity (Wildman–Crippen MR) is 111 cm³/mol. The average molecular weight is 433 g/mol. The Balaban J connectivity index is 2.20. The number of aliphatic hydroxyl groups is 1. The lowest BCUT2D eigenvalue weighted by Crippen LogP contribution is -2.34. The lowest BCUT2D eigenvalue weighted by molar-refractivity contribution is 0.0719. The van der Waals surface area contributed by atoms with Crippen molar-refractivity contribution in [3.8, 4) is 0 Å². The van der Waals surface area contributed by atoms with Crippen molar-refractivity contribution in [1.82, 2.24) is 4.90 Å². The van der Waals surface area contributed by atoms with Gasteiger partial charge < -0.3 is 15.3 Å². The lowest BCUT2D eigenvalue weighted by atomic mass is 10.1. The summed E-state index contributed by atoms with van der Waals surface area (Å²) in [6, 6.07) is 12.4. The highest BCUT2D eigenvalue weighted by atomic mass is 79.9. The number of anilines is 1. The van der Waals surface area contributed by atoms with Gasteiger partial charge in [-0.15, -0.1) is 0 Å². The zero-order valence-electron chi connectivity index (χ0n) is 15.7. The average Bonchev–Trinajstić information content (AvgIpc) is 2.66. The van der Waals surface area contributed by atoms with Crippen LogP contribution >= 0.6 is 15.9 Å². The van der Waals surface area contributed by atoms with Gasteiger partial charge in [0, 0.05) is 34.4 Å². The third kappa shape index (κ3) is 5.91. The van der Waals surface area contributed by atoms with Crippen LogP contribution in [0.25, 0.3) is 0 Å². The number of nitrogens with zero attached hydrogens (tertiary/aromatic N) is 1. The normalized spacial score (nSPS) is 10.5. The summed E-state index contributed by atoms with van der Waals surface area (Å²) in [5, 5.41) is 12.1. The van der Waals surface area contributed by atoms with E-state index in [1.807, 2.05) is 25.1 Å². The third-order valence-corrected chi connectivity index (χ3v) is 4.81. The maximum Gasteiger partial charge on any atom is 0.255 e. The Labute approximate surface area is 168 Å². The zero-order chi connectivity index (χ0) is 19.8. The first-order chi connectivity index (χ1) is 13.0. The van der Waals surface area contributed by atoms with Crippen LogP contribution in [0.15, 0.2) is 46.9 Å². The highest BCUT2D eigenvalue weighted by Crippen LogP contribution is 2.20.